The topological polar surface area (TPSA) is 90.7 Å². The van der Waals surface area contributed by atoms with Crippen LogP contribution in [-0.4, -0.2) is 29.0 Å². The molecule has 7 nitrogen and oxygen atoms in total. The molecular weight excluding hydrogens is 432 g/mol. The lowest BCUT2D eigenvalue weighted by molar-refractivity contribution is -0.153. The van der Waals surface area contributed by atoms with Gasteiger partial charge in [-0.25, -0.2) is 9.78 Å². The summed E-state index contributed by atoms with van der Waals surface area (Å²) in [5, 5.41) is 2.81. The zero-order valence-corrected chi connectivity index (χ0v) is 20.2. The quantitative estimate of drug-likeness (QED) is 0.378. The highest BCUT2D eigenvalue weighted by molar-refractivity contribution is 5.87. The van der Waals surface area contributed by atoms with Gasteiger partial charge in [-0.05, 0) is 68.1 Å². The minimum absolute atomic E-state index is 0.251. The molecule has 7 heteroatoms. The minimum atomic E-state index is -1.03. The van der Waals surface area contributed by atoms with Crippen LogP contribution in [0.1, 0.15) is 52.0 Å². The largest absolute Gasteiger partial charge is 0.464 e. The van der Waals surface area contributed by atoms with Crippen molar-refractivity contribution in [3.05, 3.63) is 66.2 Å². The summed E-state index contributed by atoms with van der Waals surface area (Å²) < 4.78 is 16.6. The van der Waals surface area contributed by atoms with Crippen molar-refractivity contribution in [3.8, 4) is 22.8 Å². The summed E-state index contributed by atoms with van der Waals surface area (Å²) >= 11 is 0. The van der Waals surface area contributed by atoms with Gasteiger partial charge in [0.1, 0.15) is 29.0 Å². The summed E-state index contributed by atoms with van der Waals surface area (Å²) in [5.74, 6) is 1.49. The predicted molar refractivity (Wildman–Crippen MR) is 130 cm³/mol. The second-order valence-electron chi connectivity index (χ2n) is 8.09. The van der Waals surface area contributed by atoms with E-state index in [1.807, 2.05) is 62.4 Å². The van der Waals surface area contributed by atoms with Crippen LogP contribution in [0.25, 0.3) is 11.3 Å². The number of nitrogens with zero attached hydrogens (tertiary/aromatic N) is 1. The van der Waals surface area contributed by atoms with E-state index in [-0.39, 0.29) is 12.5 Å². The van der Waals surface area contributed by atoms with Gasteiger partial charge in [-0.3, -0.25) is 4.79 Å². The van der Waals surface area contributed by atoms with E-state index < -0.39 is 11.5 Å². The van der Waals surface area contributed by atoms with Crippen LogP contribution in [0.15, 0.2) is 59.2 Å². The maximum Gasteiger partial charge on any atom is 0.331 e. The van der Waals surface area contributed by atoms with E-state index in [9.17, 15) is 9.59 Å². The van der Waals surface area contributed by atoms with Crippen molar-refractivity contribution in [1.29, 1.82) is 0 Å². The number of hydrogen-bond donors (Lipinski definition) is 1. The summed E-state index contributed by atoms with van der Waals surface area (Å²) in [7, 11) is 0. The molecule has 1 atom stereocenters. The fraction of sp³-hybridized carbons (Fsp3) is 0.370. The van der Waals surface area contributed by atoms with E-state index in [0.29, 0.717) is 36.7 Å². The van der Waals surface area contributed by atoms with Crippen LogP contribution in [-0.2, 0) is 27.2 Å². The normalized spacial score (nSPS) is 12.6. The van der Waals surface area contributed by atoms with Crippen molar-refractivity contribution < 1.29 is 23.5 Å². The zero-order valence-electron chi connectivity index (χ0n) is 20.2. The Morgan fingerprint density at radius 3 is 2.18 bits per heavy atom. The number of carbonyl (C=O) groups is 2. The molecule has 1 unspecified atom stereocenters. The van der Waals surface area contributed by atoms with Crippen molar-refractivity contribution >= 4 is 11.9 Å². The molecule has 0 spiro atoms. The Bertz CT molecular complexity index is 1090. The van der Waals surface area contributed by atoms with E-state index in [2.05, 4.69) is 10.3 Å². The van der Waals surface area contributed by atoms with Gasteiger partial charge in [-0.15, -0.1) is 0 Å². The van der Waals surface area contributed by atoms with Gasteiger partial charge >= 0.3 is 5.97 Å². The van der Waals surface area contributed by atoms with E-state index in [0.717, 1.165) is 23.2 Å². The van der Waals surface area contributed by atoms with Crippen LogP contribution in [0.2, 0.25) is 0 Å². The van der Waals surface area contributed by atoms with Crippen molar-refractivity contribution in [1.82, 2.24) is 10.3 Å². The lowest BCUT2D eigenvalue weighted by atomic mass is 9.88. The molecule has 2 aromatic carbocycles. The fourth-order valence-corrected chi connectivity index (χ4v) is 3.75. The highest BCUT2D eigenvalue weighted by atomic mass is 16.5. The third-order valence-electron chi connectivity index (χ3n) is 5.69. The number of nitrogens with one attached hydrogen (secondary N) is 1. The van der Waals surface area contributed by atoms with E-state index in [4.69, 9.17) is 13.9 Å². The standard InChI is InChI=1S/C27H32N2O5/c1-5-25-28-24(18-33-25)21-10-14-23(15-11-21)34-22-12-8-20(9-13-22)16-17-27(6-2,29-19(4)30)26(31)32-7-3/h8-15,18H,5-7,16-17H2,1-4H3,(H,29,30). The maximum atomic E-state index is 12.6. The Morgan fingerprint density at radius 1 is 1.00 bits per heavy atom. The van der Waals surface area contributed by atoms with Crippen molar-refractivity contribution in [3.63, 3.8) is 0 Å². The summed E-state index contributed by atoms with van der Waals surface area (Å²) in [6, 6.07) is 15.4. The van der Waals surface area contributed by atoms with E-state index in [1.54, 1.807) is 13.2 Å². The molecule has 0 aliphatic heterocycles. The number of esters is 1. The average molecular weight is 465 g/mol. The van der Waals surface area contributed by atoms with Gasteiger partial charge in [-0.1, -0.05) is 26.0 Å². The van der Waals surface area contributed by atoms with Gasteiger partial charge < -0.3 is 19.2 Å². The molecule has 3 aromatic rings. The SMILES string of the molecule is CCOC(=O)C(CC)(CCc1ccc(Oc2ccc(-c3coc(CC)n3)cc2)cc1)NC(C)=O. The fourth-order valence-electron chi connectivity index (χ4n) is 3.75. The lowest BCUT2D eigenvalue weighted by Gasteiger charge is -2.31. The Morgan fingerprint density at radius 2 is 1.65 bits per heavy atom. The number of rotatable bonds is 11. The third kappa shape index (κ3) is 6.25. The molecule has 180 valence electrons. The maximum absolute atomic E-state index is 12.6. The average Bonchev–Trinajstić information content (AvgIpc) is 3.32. The Hall–Kier alpha value is -3.61. The molecule has 3 rings (SSSR count). The first-order chi connectivity index (χ1) is 16.4. The molecule has 0 bridgehead atoms. The molecule has 1 amide bonds. The van der Waals surface area contributed by atoms with Crippen LogP contribution >= 0.6 is 0 Å². The monoisotopic (exact) mass is 464 g/mol. The summed E-state index contributed by atoms with van der Waals surface area (Å²) in [6.45, 7) is 7.32. The first-order valence-electron chi connectivity index (χ1n) is 11.7. The summed E-state index contributed by atoms with van der Waals surface area (Å²) in [5.41, 5.74) is 1.78. The molecule has 0 radical (unpaired) electrons. The number of oxazole rings is 1. The number of benzene rings is 2. The van der Waals surface area contributed by atoms with Crippen LogP contribution in [0.4, 0.5) is 0 Å². The van der Waals surface area contributed by atoms with Crippen LogP contribution < -0.4 is 10.1 Å². The highest BCUT2D eigenvalue weighted by Crippen LogP contribution is 2.27. The van der Waals surface area contributed by atoms with Gasteiger partial charge in [0.15, 0.2) is 5.89 Å². The van der Waals surface area contributed by atoms with Crippen LogP contribution in [0.3, 0.4) is 0 Å². The molecule has 1 N–H and O–H groups in total. The van der Waals surface area contributed by atoms with E-state index in [1.165, 1.54) is 6.92 Å². The summed E-state index contributed by atoms with van der Waals surface area (Å²) in [4.78, 5) is 28.7. The number of aromatic nitrogens is 1. The molecule has 34 heavy (non-hydrogen) atoms. The Balaban J connectivity index is 1.63. The number of amides is 1. The predicted octanol–water partition coefficient (Wildman–Crippen LogP) is 5.48. The van der Waals surface area contributed by atoms with Gasteiger partial charge in [0.05, 0.1) is 6.61 Å². The van der Waals surface area contributed by atoms with Crippen LogP contribution in [0.5, 0.6) is 11.5 Å². The number of carbonyl (C=O) groups excluding carboxylic acids is 2. The smallest absolute Gasteiger partial charge is 0.331 e. The van der Waals surface area contributed by atoms with Crippen molar-refractivity contribution in [2.75, 3.05) is 6.61 Å². The molecule has 0 aliphatic carbocycles. The minimum Gasteiger partial charge on any atom is -0.464 e. The van der Waals surface area contributed by atoms with Gasteiger partial charge in [0, 0.05) is 18.9 Å². The lowest BCUT2D eigenvalue weighted by Crippen LogP contribution is -2.54. The molecule has 1 heterocycles. The molecule has 0 saturated carbocycles. The molecule has 0 saturated heterocycles. The molecular formula is C27H32N2O5. The second-order valence-corrected chi connectivity index (χ2v) is 8.09. The molecule has 0 fully saturated rings. The van der Waals surface area contributed by atoms with Crippen molar-refractivity contribution in [2.45, 2.75) is 58.9 Å². The number of hydrogen-bond acceptors (Lipinski definition) is 6. The second kappa shape index (κ2) is 11.5. The van der Waals surface area contributed by atoms with Gasteiger partial charge in [-0.2, -0.15) is 0 Å². The number of ether oxygens (including phenoxy) is 2. The highest BCUT2D eigenvalue weighted by Gasteiger charge is 2.38. The number of aryl methyl sites for hydroxylation is 2. The Kier molecular flexibility index (Phi) is 8.46. The first-order valence-corrected chi connectivity index (χ1v) is 11.7. The molecule has 0 aliphatic rings. The van der Waals surface area contributed by atoms with Crippen LogP contribution in [0, 0.1) is 0 Å². The van der Waals surface area contributed by atoms with Crippen molar-refractivity contribution in [2.24, 2.45) is 0 Å². The Labute approximate surface area is 200 Å². The summed E-state index contributed by atoms with van der Waals surface area (Å²) in [6.07, 6.45) is 3.93. The third-order valence-corrected chi connectivity index (χ3v) is 5.69. The first kappa shape index (κ1) is 25.0. The van der Waals surface area contributed by atoms with Gasteiger partial charge in [0.25, 0.3) is 0 Å². The van der Waals surface area contributed by atoms with Gasteiger partial charge in [0.2, 0.25) is 5.91 Å². The molecule has 1 aromatic heterocycles. The van der Waals surface area contributed by atoms with E-state index >= 15 is 0 Å². The zero-order chi connectivity index (χ0) is 24.6.